The van der Waals surface area contributed by atoms with E-state index in [1.807, 2.05) is 20.8 Å². The second-order valence-electron chi connectivity index (χ2n) is 7.85. The standard InChI is InChI=1S/C16H31N3O4S/c1-5-24(21,22)17-14-6-8-18(9-7-14)10-13-11-19(12-13)15(20)23-16(2,3)4/h13-14,17H,5-12H2,1-4H3. The number of likely N-dealkylation sites (tertiary alicyclic amines) is 2. The molecule has 0 radical (unpaired) electrons. The van der Waals surface area contributed by atoms with Gasteiger partial charge in [0, 0.05) is 31.6 Å². The molecule has 2 saturated heterocycles. The predicted molar refractivity (Wildman–Crippen MR) is 93.4 cm³/mol. The maximum Gasteiger partial charge on any atom is 0.410 e. The van der Waals surface area contributed by atoms with Gasteiger partial charge in [0.15, 0.2) is 0 Å². The van der Waals surface area contributed by atoms with Crippen molar-refractivity contribution >= 4 is 16.1 Å². The van der Waals surface area contributed by atoms with E-state index in [2.05, 4.69) is 9.62 Å². The molecule has 1 N–H and O–H groups in total. The molecule has 0 aliphatic carbocycles. The molecular formula is C16H31N3O4S. The number of nitrogens with zero attached hydrogens (tertiary/aromatic N) is 2. The highest BCUT2D eigenvalue weighted by atomic mass is 32.2. The van der Waals surface area contributed by atoms with Crippen LogP contribution < -0.4 is 4.72 Å². The number of hydrogen-bond donors (Lipinski definition) is 1. The van der Waals surface area contributed by atoms with Crippen LogP contribution in [0, 0.1) is 5.92 Å². The zero-order chi connectivity index (χ0) is 18.0. The molecule has 2 heterocycles. The molecule has 2 aliphatic heterocycles. The maximum absolute atomic E-state index is 11.9. The summed E-state index contributed by atoms with van der Waals surface area (Å²) in [5, 5.41) is 0. The van der Waals surface area contributed by atoms with Crippen LogP contribution in [0.1, 0.15) is 40.5 Å². The van der Waals surface area contributed by atoms with Gasteiger partial charge in [-0.15, -0.1) is 0 Å². The second kappa shape index (κ2) is 7.58. The molecular weight excluding hydrogens is 330 g/mol. The fourth-order valence-corrected chi connectivity index (χ4v) is 4.01. The van der Waals surface area contributed by atoms with E-state index in [0.29, 0.717) is 5.92 Å². The Kier molecular flexibility index (Phi) is 6.14. The molecule has 2 fully saturated rings. The van der Waals surface area contributed by atoms with Crippen molar-refractivity contribution in [2.45, 2.75) is 52.2 Å². The number of amides is 1. The Hall–Kier alpha value is -0.860. The monoisotopic (exact) mass is 361 g/mol. The van der Waals surface area contributed by atoms with Crippen molar-refractivity contribution in [1.29, 1.82) is 0 Å². The van der Waals surface area contributed by atoms with Gasteiger partial charge in [-0.1, -0.05) is 0 Å². The van der Waals surface area contributed by atoms with E-state index in [1.54, 1.807) is 11.8 Å². The summed E-state index contributed by atoms with van der Waals surface area (Å²) in [7, 11) is -3.11. The van der Waals surface area contributed by atoms with E-state index in [4.69, 9.17) is 4.74 Å². The smallest absolute Gasteiger partial charge is 0.410 e. The van der Waals surface area contributed by atoms with Gasteiger partial charge < -0.3 is 14.5 Å². The number of piperidine rings is 1. The first-order valence-electron chi connectivity index (χ1n) is 8.78. The Labute approximate surface area is 145 Å². The van der Waals surface area contributed by atoms with Crippen LogP contribution in [0.4, 0.5) is 4.79 Å². The summed E-state index contributed by atoms with van der Waals surface area (Å²) in [4.78, 5) is 16.0. The van der Waals surface area contributed by atoms with Crippen molar-refractivity contribution in [3.05, 3.63) is 0 Å². The van der Waals surface area contributed by atoms with Gasteiger partial charge in [0.25, 0.3) is 0 Å². The summed E-state index contributed by atoms with van der Waals surface area (Å²) in [5.74, 6) is 0.622. The summed E-state index contributed by atoms with van der Waals surface area (Å²) in [6.45, 7) is 11.5. The average molecular weight is 362 g/mol. The van der Waals surface area contributed by atoms with Crippen molar-refractivity contribution in [3.8, 4) is 0 Å². The number of sulfonamides is 1. The largest absolute Gasteiger partial charge is 0.444 e. The van der Waals surface area contributed by atoms with Crippen LogP contribution in [-0.2, 0) is 14.8 Å². The van der Waals surface area contributed by atoms with Crippen LogP contribution in [0.2, 0.25) is 0 Å². The maximum atomic E-state index is 11.9. The summed E-state index contributed by atoms with van der Waals surface area (Å²) >= 11 is 0. The van der Waals surface area contributed by atoms with Gasteiger partial charge in [-0.3, -0.25) is 0 Å². The number of nitrogens with one attached hydrogen (secondary N) is 1. The Bertz CT molecular complexity index is 530. The van der Waals surface area contributed by atoms with E-state index in [1.165, 1.54) is 0 Å². The van der Waals surface area contributed by atoms with Crippen molar-refractivity contribution in [2.75, 3.05) is 38.5 Å². The van der Waals surface area contributed by atoms with E-state index in [9.17, 15) is 13.2 Å². The lowest BCUT2D eigenvalue weighted by Crippen LogP contribution is -2.56. The molecule has 0 aromatic carbocycles. The first-order chi connectivity index (χ1) is 11.1. The van der Waals surface area contributed by atoms with Gasteiger partial charge in [-0.2, -0.15) is 0 Å². The van der Waals surface area contributed by atoms with Crippen LogP contribution >= 0.6 is 0 Å². The van der Waals surface area contributed by atoms with Crippen molar-refractivity contribution in [2.24, 2.45) is 5.92 Å². The van der Waals surface area contributed by atoms with E-state index in [0.717, 1.165) is 45.6 Å². The zero-order valence-electron chi connectivity index (χ0n) is 15.2. The highest BCUT2D eigenvalue weighted by Gasteiger charge is 2.35. The lowest BCUT2D eigenvalue weighted by Gasteiger charge is -2.43. The molecule has 2 aliphatic rings. The van der Waals surface area contributed by atoms with Crippen molar-refractivity contribution in [3.63, 3.8) is 0 Å². The van der Waals surface area contributed by atoms with Crippen LogP contribution in [0.25, 0.3) is 0 Å². The highest BCUT2D eigenvalue weighted by Crippen LogP contribution is 2.22. The fraction of sp³-hybridized carbons (Fsp3) is 0.938. The molecule has 24 heavy (non-hydrogen) atoms. The fourth-order valence-electron chi connectivity index (χ4n) is 3.10. The number of rotatable bonds is 5. The van der Waals surface area contributed by atoms with E-state index >= 15 is 0 Å². The summed E-state index contributed by atoms with van der Waals surface area (Å²) in [6, 6.07) is 0.0610. The van der Waals surface area contributed by atoms with Crippen LogP contribution in [-0.4, -0.2) is 74.4 Å². The van der Waals surface area contributed by atoms with Gasteiger partial charge in [-0.25, -0.2) is 17.9 Å². The summed E-state index contributed by atoms with van der Waals surface area (Å²) < 4.78 is 31.3. The minimum absolute atomic E-state index is 0.0610. The number of hydrogen-bond acceptors (Lipinski definition) is 5. The van der Waals surface area contributed by atoms with Gasteiger partial charge >= 0.3 is 6.09 Å². The van der Waals surface area contributed by atoms with Gasteiger partial charge in [0.1, 0.15) is 5.60 Å². The van der Waals surface area contributed by atoms with Gasteiger partial charge in [-0.05, 0) is 53.6 Å². The Balaban J connectivity index is 1.65. The molecule has 1 amide bonds. The SMILES string of the molecule is CCS(=O)(=O)NC1CCN(CC2CN(C(=O)OC(C)(C)C)C2)CC1. The zero-order valence-corrected chi connectivity index (χ0v) is 16.1. The molecule has 8 heteroatoms. The van der Waals surface area contributed by atoms with Crippen molar-refractivity contribution in [1.82, 2.24) is 14.5 Å². The van der Waals surface area contributed by atoms with Crippen LogP contribution in [0.15, 0.2) is 0 Å². The van der Waals surface area contributed by atoms with Crippen LogP contribution in [0.5, 0.6) is 0 Å². The normalized spacial score (nSPS) is 21.6. The predicted octanol–water partition coefficient (Wildman–Crippen LogP) is 1.26. The van der Waals surface area contributed by atoms with Gasteiger partial charge in [0.2, 0.25) is 10.0 Å². The molecule has 0 unspecified atom stereocenters. The first kappa shape index (κ1) is 19.5. The molecule has 7 nitrogen and oxygen atoms in total. The lowest BCUT2D eigenvalue weighted by atomic mass is 9.98. The molecule has 2 rings (SSSR count). The third kappa shape index (κ3) is 5.89. The molecule has 0 saturated carbocycles. The second-order valence-corrected chi connectivity index (χ2v) is 9.89. The summed E-state index contributed by atoms with van der Waals surface area (Å²) in [6.07, 6.45) is 1.47. The number of ether oxygens (including phenoxy) is 1. The van der Waals surface area contributed by atoms with E-state index < -0.39 is 15.6 Å². The van der Waals surface area contributed by atoms with E-state index in [-0.39, 0.29) is 17.9 Å². The topological polar surface area (TPSA) is 79.0 Å². The molecule has 140 valence electrons. The Morgan fingerprint density at radius 2 is 1.79 bits per heavy atom. The third-order valence-electron chi connectivity index (χ3n) is 4.44. The van der Waals surface area contributed by atoms with Gasteiger partial charge in [0.05, 0.1) is 5.75 Å². The summed E-state index contributed by atoms with van der Waals surface area (Å²) in [5.41, 5.74) is -0.449. The number of carbonyl (C=O) groups is 1. The molecule has 0 atom stereocenters. The average Bonchev–Trinajstić information content (AvgIpc) is 2.41. The Morgan fingerprint density at radius 3 is 2.29 bits per heavy atom. The minimum Gasteiger partial charge on any atom is -0.444 e. The molecule has 0 aromatic heterocycles. The highest BCUT2D eigenvalue weighted by molar-refractivity contribution is 7.89. The molecule has 0 bridgehead atoms. The molecule has 0 aromatic rings. The first-order valence-corrected chi connectivity index (χ1v) is 10.4. The third-order valence-corrected chi connectivity index (χ3v) is 5.89. The molecule has 0 spiro atoms. The quantitative estimate of drug-likeness (QED) is 0.797. The van der Waals surface area contributed by atoms with Crippen molar-refractivity contribution < 1.29 is 17.9 Å². The Morgan fingerprint density at radius 1 is 1.21 bits per heavy atom. The van der Waals surface area contributed by atoms with Crippen LogP contribution in [0.3, 0.4) is 0 Å². The minimum atomic E-state index is -3.11. The lowest BCUT2D eigenvalue weighted by molar-refractivity contribution is -0.00751. The number of carbonyl (C=O) groups excluding carboxylic acids is 1.